The molecule has 0 saturated carbocycles. The Morgan fingerprint density at radius 3 is 2.83 bits per heavy atom. The van der Waals surface area contributed by atoms with Gasteiger partial charge in [-0.2, -0.15) is 11.8 Å². The van der Waals surface area contributed by atoms with Crippen molar-refractivity contribution in [3.8, 4) is 0 Å². The van der Waals surface area contributed by atoms with E-state index in [0.29, 0.717) is 5.75 Å². The van der Waals surface area contributed by atoms with Gasteiger partial charge in [-0.15, -0.1) is 0 Å². The zero-order valence-electron chi connectivity index (χ0n) is 10.0. The van der Waals surface area contributed by atoms with Crippen LogP contribution in [0.1, 0.15) is 12.0 Å². The van der Waals surface area contributed by atoms with E-state index in [0.717, 1.165) is 5.56 Å². The lowest BCUT2D eigenvalue weighted by Gasteiger charge is -2.07. The molecule has 0 radical (unpaired) electrons. The molecular weight excluding hydrogens is 255 g/mol. The summed E-state index contributed by atoms with van der Waals surface area (Å²) >= 11 is 1.28. The number of hydrogen-bond acceptors (Lipinski definition) is 3. The monoisotopic (exact) mass is 270 g/mol. The number of carbonyl (C=O) groups excluding carboxylic acids is 2. The van der Waals surface area contributed by atoms with Gasteiger partial charge in [0.05, 0.1) is 11.4 Å². The standard InChI is InChI=1S/C12H15FN2O2S/c1-8-2-3-9(13)10(6-8)15-12(17)4-5-18-7-11(14)16/h2-3,6H,4-5,7H2,1H3,(H2,14,16)(H,15,17). The maximum absolute atomic E-state index is 13.3. The summed E-state index contributed by atoms with van der Waals surface area (Å²) < 4.78 is 13.3. The first-order valence-corrected chi connectivity index (χ1v) is 6.56. The summed E-state index contributed by atoms with van der Waals surface area (Å²) in [6.07, 6.45) is 0.214. The predicted octanol–water partition coefficient (Wildman–Crippen LogP) is 1.68. The van der Waals surface area contributed by atoms with Crippen molar-refractivity contribution in [2.24, 2.45) is 5.73 Å². The summed E-state index contributed by atoms with van der Waals surface area (Å²) in [4.78, 5) is 22.0. The van der Waals surface area contributed by atoms with Crippen molar-refractivity contribution in [1.29, 1.82) is 0 Å². The second-order valence-corrected chi connectivity index (χ2v) is 4.91. The molecule has 0 aliphatic carbocycles. The third-order valence-corrected chi connectivity index (χ3v) is 3.10. The lowest BCUT2D eigenvalue weighted by Crippen LogP contribution is -2.16. The molecule has 0 aliphatic rings. The van der Waals surface area contributed by atoms with Crippen molar-refractivity contribution < 1.29 is 14.0 Å². The number of rotatable bonds is 6. The fraction of sp³-hybridized carbons (Fsp3) is 0.333. The molecule has 2 amide bonds. The lowest BCUT2D eigenvalue weighted by molar-refractivity contribution is -0.116. The fourth-order valence-corrected chi connectivity index (χ4v) is 1.96. The third-order valence-electron chi connectivity index (χ3n) is 2.11. The molecule has 0 fully saturated rings. The number of aryl methyl sites for hydroxylation is 1. The normalized spacial score (nSPS) is 10.1. The van der Waals surface area contributed by atoms with Crippen LogP contribution in [-0.4, -0.2) is 23.3 Å². The van der Waals surface area contributed by atoms with Gasteiger partial charge in [0.1, 0.15) is 5.82 Å². The molecule has 0 heterocycles. The van der Waals surface area contributed by atoms with Crippen LogP contribution in [0.25, 0.3) is 0 Å². The Bertz CT molecular complexity index is 452. The van der Waals surface area contributed by atoms with Crippen molar-refractivity contribution in [3.05, 3.63) is 29.6 Å². The predicted molar refractivity (Wildman–Crippen MR) is 70.9 cm³/mol. The van der Waals surface area contributed by atoms with Crippen LogP contribution in [0.5, 0.6) is 0 Å². The van der Waals surface area contributed by atoms with Crippen LogP contribution in [0.3, 0.4) is 0 Å². The minimum Gasteiger partial charge on any atom is -0.369 e. The van der Waals surface area contributed by atoms with Gasteiger partial charge < -0.3 is 11.1 Å². The van der Waals surface area contributed by atoms with E-state index in [1.165, 1.54) is 17.8 Å². The number of halogens is 1. The molecule has 0 atom stereocenters. The molecule has 18 heavy (non-hydrogen) atoms. The minimum atomic E-state index is -0.460. The summed E-state index contributed by atoms with van der Waals surface area (Å²) in [6, 6.07) is 4.52. The number of primary amides is 1. The quantitative estimate of drug-likeness (QED) is 0.772. The van der Waals surface area contributed by atoms with E-state index in [-0.39, 0.29) is 23.8 Å². The second kappa shape index (κ2) is 7.00. The number of nitrogens with one attached hydrogen (secondary N) is 1. The average Bonchev–Trinajstić information content (AvgIpc) is 2.29. The zero-order valence-corrected chi connectivity index (χ0v) is 10.8. The van der Waals surface area contributed by atoms with E-state index in [1.54, 1.807) is 12.1 Å². The molecular formula is C12H15FN2O2S. The molecule has 6 heteroatoms. The highest BCUT2D eigenvalue weighted by Crippen LogP contribution is 2.16. The zero-order chi connectivity index (χ0) is 13.5. The summed E-state index contributed by atoms with van der Waals surface area (Å²) in [5.74, 6) is -0.491. The van der Waals surface area contributed by atoms with Gasteiger partial charge in [-0.1, -0.05) is 6.07 Å². The van der Waals surface area contributed by atoms with E-state index in [2.05, 4.69) is 5.32 Å². The number of carbonyl (C=O) groups is 2. The largest absolute Gasteiger partial charge is 0.369 e. The van der Waals surface area contributed by atoms with Crippen LogP contribution in [0, 0.1) is 12.7 Å². The third kappa shape index (κ3) is 5.18. The van der Waals surface area contributed by atoms with Gasteiger partial charge >= 0.3 is 0 Å². The molecule has 0 bridgehead atoms. The van der Waals surface area contributed by atoms with Crippen molar-refractivity contribution in [1.82, 2.24) is 0 Å². The number of anilines is 1. The van der Waals surface area contributed by atoms with Crippen molar-refractivity contribution >= 4 is 29.3 Å². The van der Waals surface area contributed by atoms with Gasteiger partial charge in [-0.25, -0.2) is 4.39 Å². The van der Waals surface area contributed by atoms with Crippen LogP contribution < -0.4 is 11.1 Å². The lowest BCUT2D eigenvalue weighted by atomic mass is 10.2. The van der Waals surface area contributed by atoms with Crippen LogP contribution in [0.15, 0.2) is 18.2 Å². The number of nitrogens with two attached hydrogens (primary N) is 1. The van der Waals surface area contributed by atoms with Gasteiger partial charge in [0.25, 0.3) is 0 Å². The van der Waals surface area contributed by atoms with E-state index in [1.807, 2.05) is 6.92 Å². The first kappa shape index (κ1) is 14.5. The van der Waals surface area contributed by atoms with Crippen molar-refractivity contribution in [2.45, 2.75) is 13.3 Å². The van der Waals surface area contributed by atoms with Crippen LogP contribution >= 0.6 is 11.8 Å². The Kier molecular flexibility index (Phi) is 5.64. The average molecular weight is 270 g/mol. The summed E-state index contributed by atoms with van der Waals surface area (Å²) in [5, 5.41) is 2.50. The Hall–Kier alpha value is -1.56. The molecule has 0 aromatic heterocycles. The number of amides is 2. The van der Waals surface area contributed by atoms with Crippen molar-refractivity contribution in [3.63, 3.8) is 0 Å². The SMILES string of the molecule is Cc1ccc(F)c(NC(=O)CCSCC(N)=O)c1. The van der Waals surface area contributed by atoms with Gasteiger partial charge in [-0.05, 0) is 24.6 Å². The topological polar surface area (TPSA) is 72.2 Å². The molecule has 98 valence electrons. The number of hydrogen-bond donors (Lipinski definition) is 2. The Labute approximate surface area is 109 Å². The van der Waals surface area contributed by atoms with Crippen LogP contribution in [-0.2, 0) is 9.59 Å². The molecule has 1 aromatic rings. The highest BCUT2D eigenvalue weighted by Gasteiger charge is 2.07. The van der Waals surface area contributed by atoms with Crippen molar-refractivity contribution in [2.75, 3.05) is 16.8 Å². The van der Waals surface area contributed by atoms with E-state index < -0.39 is 11.7 Å². The summed E-state index contributed by atoms with van der Waals surface area (Å²) in [6.45, 7) is 1.82. The molecule has 0 aliphatic heterocycles. The smallest absolute Gasteiger partial charge is 0.227 e. The second-order valence-electron chi connectivity index (χ2n) is 3.80. The van der Waals surface area contributed by atoms with Gasteiger partial charge in [0.15, 0.2) is 0 Å². The number of thioether (sulfide) groups is 1. The molecule has 3 N–H and O–H groups in total. The fourth-order valence-electron chi connectivity index (χ4n) is 1.29. The molecule has 1 rings (SSSR count). The summed E-state index contributed by atoms with van der Waals surface area (Å²) in [5.41, 5.74) is 6.01. The van der Waals surface area contributed by atoms with Crippen LogP contribution in [0.2, 0.25) is 0 Å². The van der Waals surface area contributed by atoms with E-state index >= 15 is 0 Å². The Balaban J connectivity index is 2.40. The molecule has 0 spiro atoms. The first-order valence-electron chi connectivity index (χ1n) is 5.41. The maximum Gasteiger partial charge on any atom is 0.227 e. The van der Waals surface area contributed by atoms with Gasteiger partial charge in [0, 0.05) is 12.2 Å². The first-order chi connectivity index (χ1) is 8.49. The minimum absolute atomic E-state index is 0.180. The Morgan fingerprint density at radius 1 is 1.44 bits per heavy atom. The Morgan fingerprint density at radius 2 is 2.17 bits per heavy atom. The number of benzene rings is 1. The maximum atomic E-state index is 13.3. The van der Waals surface area contributed by atoms with Gasteiger partial charge in [0.2, 0.25) is 11.8 Å². The van der Waals surface area contributed by atoms with Crippen LogP contribution in [0.4, 0.5) is 10.1 Å². The molecule has 1 aromatic carbocycles. The van der Waals surface area contributed by atoms with E-state index in [4.69, 9.17) is 5.73 Å². The molecule has 0 unspecified atom stereocenters. The molecule has 4 nitrogen and oxygen atoms in total. The molecule has 0 saturated heterocycles. The summed E-state index contributed by atoms with van der Waals surface area (Å²) in [7, 11) is 0. The van der Waals surface area contributed by atoms with Gasteiger partial charge in [-0.3, -0.25) is 9.59 Å². The highest BCUT2D eigenvalue weighted by atomic mass is 32.2. The van der Waals surface area contributed by atoms with E-state index in [9.17, 15) is 14.0 Å². The highest BCUT2D eigenvalue weighted by molar-refractivity contribution is 7.99.